The van der Waals surface area contributed by atoms with E-state index in [1.807, 2.05) is 30.3 Å². The molecule has 3 rings (SSSR count). The molecule has 104 valence electrons. The molecule has 0 saturated heterocycles. The van der Waals surface area contributed by atoms with Gasteiger partial charge in [-0.2, -0.15) is 0 Å². The lowest BCUT2D eigenvalue weighted by molar-refractivity contribution is 0.112. The maximum atomic E-state index is 11.8. The van der Waals surface area contributed by atoms with Crippen LogP contribution in [0.15, 0.2) is 51.7 Å². The quantitative estimate of drug-likeness (QED) is 0.577. The number of carbonyl (C=O) groups is 1. The molecule has 0 atom stereocenters. The zero-order valence-corrected chi connectivity index (χ0v) is 11.3. The van der Waals surface area contributed by atoms with Gasteiger partial charge in [0, 0.05) is 11.5 Å². The highest BCUT2D eigenvalue weighted by Gasteiger charge is 2.16. The number of hydrogen-bond acceptors (Lipinski definition) is 4. The number of aldehydes is 1. The molecule has 0 bridgehead atoms. The molecule has 0 aliphatic rings. The van der Waals surface area contributed by atoms with Crippen molar-refractivity contribution >= 4 is 17.3 Å². The molecule has 0 spiro atoms. The number of carbonyl (C=O) groups excluding carboxylic acids is 1. The monoisotopic (exact) mass is 280 g/mol. The third kappa shape index (κ3) is 2.10. The number of hydrogen-bond donors (Lipinski definition) is 1. The smallest absolute Gasteiger partial charge is 0.336 e. The molecule has 0 unspecified atom stereocenters. The van der Waals surface area contributed by atoms with Gasteiger partial charge in [-0.1, -0.05) is 30.3 Å². The molecule has 4 heteroatoms. The maximum absolute atomic E-state index is 11.8. The Hall–Kier alpha value is -2.88. The number of fused-ring (bicyclic) bond motifs is 1. The van der Waals surface area contributed by atoms with E-state index in [9.17, 15) is 14.7 Å². The molecule has 1 aromatic heterocycles. The van der Waals surface area contributed by atoms with Crippen molar-refractivity contribution in [3.05, 3.63) is 64.0 Å². The summed E-state index contributed by atoms with van der Waals surface area (Å²) in [5, 5.41) is 10.6. The average molecular weight is 280 g/mol. The normalized spacial score (nSPS) is 10.7. The van der Waals surface area contributed by atoms with E-state index < -0.39 is 5.63 Å². The number of rotatable bonds is 2. The maximum Gasteiger partial charge on any atom is 0.336 e. The van der Waals surface area contributed by atoms with Gasteiger partial charge in [0.15, 0.2) is 11.9 Å². The lowest BCUT2D eigenvalue weighted by Gasteiger charge is -2.10. The molecule has 1 N–H and O–H groups in total. The first-order valence-electron chi connectivity index (χ1n) is 6.43. The fourth-order valence-electron chi connectivity index (χ4n) is 2.42. The van der Waals surface area contributed by atoms with Gasteiger partial charge >= 0.3 is 5.63 Å². The molecule has 2 aromatic carbocycles. The second kappa shape index (κ2) is 4.90. The molecule has 0 amide bonds. The van der Waals surface area contributed by atoms with E-state index in [1.54, 1.807) is 13.0 Å². The first-order chi connectivity index (χ1) is 10.1. The molecule has 1 heterocycles. The minimum absolute atomic E-state index is 0.000110. The van der Waals surface area contributed by atoms with Gasteiger partial charge in [-0.3, -0.25) is 4.79 Å². The van der Waals surface area contributed by atoms with Gasteiger partial charge in [-0.05, 0) is 29.7 Å². The third-order valence-corrected chi connectivity index (χ3v) is 3.44. The SMILES string of the molecule is Cc1cc2c(-c3ccccc3)cc(=O)oc2c(C=O)c1O. The summed E-state index contributed by atoms with van der Waals surface area (Å²) in [6, 6.07) is 12.5. The van der Waals surface area contributed by atoms with Crippen LogP contribution in [0.1, 0.15) is 15.9 Å². The van der Waals surface area contributed by atoms with Crippen molar-refractivity contribution in [3.8, 4) is 16.9 Å². The van der Waals surface area contributed by atoms with Crippen molar-refractivity contribution < 1.29 is 14.3 Å². The van der Waals surface area contributed by atoms with Crippen molar-refractivity contribution in [1.29, 1.82) is 0 Å². The summed E-state index contributed by atoms with van der Waals surface area (Å²) in [5.74, 6) is -0.161. The zero-order valence-electron chi connectivity index (χ0n) is 11.3. The van der Waals surface area contributed by atoms with Gasteiger partial charge in [0.25, 0.3) is 0 Å². The van der Waals surface area contributed by atoms with E-state index in [4.69, 9.17) is 4.42 Å². The van der Waals surface area contributed by atoms with Gasteiger partial charge in [-0.15, -0.1) is 0 Å². The van der Waals surface area contributed by atoms with E-state index in [0.29, 0.717) is 22.8 Å². The van der Waals surface area contributed by atoms with Crippen molar-refractivity contribution in [2.24, 2.45) is 0 Å². The largest absolute Gasteiger partial charge is 0.507 e. The Morgan fingerprint density at radius 2 is 1.86 bits per heavy atom. The Morgan fingerprint density at radius 3 is 2.52 bits per heavy atom. The van der Waals surface area contributed by atoms with Gasteiger partial charge in [0.05, 0.1) is 5.56 Å². The Morgan fingerprint density at radius 1 is 1.14 bits per heavy atom. The van der Waals surface area contributed by atoms with Crippen LogP contribution in [-0.2, 0) is 0 Å². The summed E-state index contributed by atoms with van der Waals surface area (Å²) < 4.78 is 5.13. The number of phenols is 1. The number of aryl methyl sites for hydroxylation is 1. The van der Waals surface area contributed by atoms with Crippen LogP contribution < -0.4 is 5.63 Å². The summed E-state index contributed by atoms with van der Waals surface area (Å²) in [5.41, 5.74) is 1.62. The van der Waals surface area contributed by atoms with E-state index in [1.165, 1.54) is 6.07 Å². The zero-order chi connectivity index (χ0) is 15.0. The second-order valence-electron chi connectivity index (χ2n) is 4.80. The molecule has 0 radical (unpaired) electrons. The van der Waals surface area contributed by atoms with Gasteiger partial charge in [-0.25, -0.2) is 4.79 Å². The van der Waals surface area contributed by atoms with Crippen LogP contribution in [0.2, 0.25) is 0 Å². The summed E-state index contributed by atoms with van der Waals surface area (Å²) in [6.07, 6.45) is 0.502. The Balaban J connectivity index is 2.50. The minimum atomic E-state index is -0.562. The van der Waals surface area contributed by atoms with Crippen molar-refractivity contribution in [2.75, 3.05) is 0 Å². The molecule has 0 aliphatic carbocycles. The summed E-state index contributed by atoms with van der Waals surface area (Å²) in [7, 11) is 0. The van der Waals surface area contributed by atoms with Crippen LogP contribution in [0, 0.1) is 6.92 Å². The predicted molar refractivity (Wildman–Crippen MR) is 79.7 cm³/mol. The number of phenolic OH excluding ortho intramolecular Hbond substituents is 1. The van der Waals surface area contributed by atoms with E-state index >= 15 is 0 Å². The summed E-state index contributed by atoms with van der Waals surface area (Å²) >= 11 is 0. The number of benzene rings is 2. The fraction of sp³-hybridized carbons (Fsp3) is 0.0588. The van der Waals surface area contributed by atoms with Crippen LogP contribution in [0.5, 0.6) is 5.75 Å². The highest BCUT2D eigenvalue weighted by atomic mass is 16.4. The Kier molecular flexibility index (Phi) is 3.06. The predicted octanol–water partition coefficient (Wildman–Crippen LogP) is 3.29. The van der Waals surface area contributed by atoms with E-state index in [2.05, 4.69) is 0 Å². The highest BCUT2D eigenvalue weighted by Crippen LogP contribution is 2.34. The van der Waals surface area contributed by atoms with Crippen molar-refractivity contribution in [3.63, 3.8) is 0 Å². The van der Waals surface area contributed by atoms with Crippen molar-refractivity contribution in [2.45, 2.75) is 6.92 Å². The highest BCUT2D eigenvalue weighted by molar-refractivity contribution is 6.03. The molecule has 4 nitrogen and oxygen atoms in total. The fourth-order valence-corrected chi connectivity index (χ4v) is 2.42. The summed E-state index contributed by atoms with van der Waals surface area (Å²) in [4.78, 5) is 23.0. The molecule has 21 heavy (non-hydrogen) atoms. The van der Waals surface area contributed by atoms with Crippen molar-refractivity contribution in [1.82, 2.24) is 0 Å². The van der Waals surface area contributed by atoms with Crippen LogP contribution in [-0.4, -0.2) is 11.4 Å². The van der Waals surface area contributed by atoms with Crippen LogP contribution >= 0.6 is 0 Å². The lowest BCUT2D eigenvalue weighted by Crippen LogP contribution is -2.01. The van der Waals surface area contributed by atoms with Crippen LogP contribution in [0.3, 0.4) is 0 Å². The molecule has 0 saturated carbocycles. The second-order valence-corrected chi connectivity index (χ2v) is 4.80. The molecular weight excluding hydrogens is 268 g/mol. The Labute approximate surface area is 120 Å². The summed E-state index contributed by atoms with van der Waals surface area (Å²) in [6.45, 7) is 1.70. The lowest BCUT2D eigenvalue weighted by atomic mass is 9.98. The van der Waals surface area contributed by atoms with Gasteiger partial charge < -0.3 is 9.52 Å². The first kappa shape index (κ1) is 13.1. The van der Waals surface area contributed by atoms with Crippen LogP contribution in [0.4, 0.5) is 0 Å². The third-order valence-electron chi connectivity index (χ3n) is 3.44. The van der Waals surface area contributed by atoms with Gasteiger partial charge in [0.2, 0.25) is 0 Å². The standard InChI is InChI=1S/C17H12O4/c1-10-7-13-12(11-5-3-2-4-6-11)8-15(19)21-17(13)14(9-18)16(10)20/h2-9,20H,1H3. The topological polar surface area (TPSA) is 67.5 Å². The first-order valence-corrected chi connectivity index (χ1v) is 6.43. The molecular formula is C17H12O4. The van der Waals surface area contributed by atoms with E-state index in [-0.39, 0.29) is 16.9 Å². The molecule has 0 fully saturated rings. The molecule has 0 aliphatic heterocycles. The average Bonchev–Trinajstić information content (AvgIpc) is 2.49. The van der Waals surface area contributed by atoms with Gasteiger partial charge in [0.1, 0.15) is 5.75 Å². The number of aromatic hydroxyl groups is 1. The Bertz CT molecular complexity index is 892. The minimum Gasteiger partial charge on any atom is -0.507 e. The van der Waals surface area contributed by atoms with E-state index in [0.717, 1.165) is 5.56 Å². The van der Waals surface area contributed by atoms with Crippen LogP contribution in [0.25, 0.3) is 22.1 Å². The molecule has 3 aromatic rings.